The molecular weight excluding hydrogens is 278 g/mol. The third-order valence-electron chi connectivity index (χ3n) is 3.60. The van der Waals surface area contributed by atoms with Gasteiger partial charge in [0, 0.05) is 0 Å². The van der Waals surface area contributed by atoms with Gasteiger partial charge in [-0.1, -0.05) is 30.3 Å². The van der Waals surface area contributed by atoms with E-state index in [0.717, 1.165) is 30.1 Å². The molecule has 22 heavy (non-hydrogen) atoms. The lowest BCUT2D eigenvalue weighted by Gasteiger charge is -2.14. The third-order valence-corrected chi connectivity index (χ3v) is 3.60. The molecule has 2 aromatic carbocycles. The lowest BCUT2D eigenvalue weighted by Crippen LogP contribution is -2.70. The summed E-state index contributed by atoms with van der Waals surface area (Å²) in [4.78, 5) is 3.27. The van der Waals surface area contributed by atoms with Crippen LogP contribution in [-0.4, -0.2) is 26.0 Å². The summed E-state index contributed by atoms with van der Waals surface area (Å²) in [7, 11) is 1.60. The van der Waals surface area contributed by atoms with Crippen molar-refractivity contribution in [1.82, 2.24) is 5.32 Å². The Kier molecular flexibility index (Phi) is 4.14. The standard InChI is InChI=1S/C17H19N3O2/c1-21-16-14(22-11-12-5-3-2-4-6-12)8-7-13(15(16)18)17-19-9-10-20-17/h2-8H,9-11,18H2,1H3,(H,19,20)/p+1. The summed E-state index contributed by atoms with van der Waals surface area (Å²) < 4.78 is 11.3. The first-order valence-electron chi connectivity index (χ1n) is 7.28. The third kappa shape index (κ3) is 2.83. The van der Waals surface area contributed by atoms with Crippen molar-refractivity contribution in [3.05, 3.63) is 53.6 Å². The van der Waals surface area contributed by atoms with E-state index < -0.39 is 0 Å². The van der Waals surface area contributed by atoms with Crippen LogP contribution < -0.4 is 25.5 Å². The zero-order valence-electron chi connectivity index (χ0n) is 12.6. The van der Waals surface area contributed by atoms with Crippen LogP contribution >= 0.6 is 0 Å². The van der Waals surface area contributed by atoms with E-state index in [4.69, 9.17) is 15.2 Å². The number of hydrogen-bond donors (Lipinski definition) is 3. The van der Waals surface area contributed by atoms with Gasteiger partial charge in [0.15, 0.2) is 11.5 Å². The van der Waals surface area contributed by atoms with E-state index in [-0.39, 0.29) is 0 Å². The first-order chi connectivity index (χ1) is 10.8. The van der Waals surface area contributed by atoms with Crippen LogP contribution in [0.2, 0.25) is 0 Å². The van der Waals surface area contributed by atoms with Gasteiger partial charge in [-0.05, 0) is 17.7 Å². The molecule has 0 amide bonds. The molecule has 2 aromatic rings. The molecule has 5 heteroatoms. The maximum atomic E-state index is 6.24. The van der Waals surface area contributed by atoms with Gasteiger partial charge >= 0.3 is 0 Å². The predicted octanol–water partition coefficient (Wildman–Crippen LogP) is 0.287. The second kappa shape index (κ2) is 6.39. The summed E-state index contributed by atoms with van der Waals surface area (Å²) in [6.07, 6.45) is 0. The van der Waals surface area contributed by atoms with Crippen LogP contribution in [0.1, 0.15) is 11.1 Å². The average Bonchev–Trinajstić information content (AvgIpc) is 3.08. The van der Waals surface area contributed by atoms with E-state index in [1.165, 1.54) is 0 Å². The maximum Gasteiger partial charge on any atom is 0.277 e. The predicted molar refractivity (Wildman–Crippen MR) is 86.1 cm³/mol. The van der Waals surface area contributed by atoms with E-state index in [9.17, 15) is 0 Å². The summed E-state index contributed by atoms with van der Waals surface area (Å²) >= 11 is 0. The van der Waals surface area contributed by atoms with Crippen LogP contribution in [0.5, 0.6) is 11.5 Å². The Morgan fingerprint density at radius 1 is 1.18 bits per heavy atom. The summed E-state index contributed by atoms with van der Waals surface area (Å²) in [5.74, 6) is 2.15. The molecule has 0 fully saturated rings. The molecule has 0 spiro atoms. The number of nitrogens with two attached hydrogens (primary N) is 1. The average molecular weight is 298 g/mol. The van der Waals surface area contributed by atoms with Crippen LogP contribution in [0.25, 0.3) is 0 Å². The van der Waals surface area contributed by atoms with Crippen molar-refractivity contribution in [3.8, 4) is 11.5 Å². The number of rotatable bonds is 5. The molecule has 4 N–H and O–H groups in total. The Morgan fingerprint density at radius 3 is 2.68 bits per heavy atom. The first-order valence-corrected chi connectivity index (χ1v) is 7.28. The SMILES string of the molecule is COc1c(OCc2ccccc2)ccc(C2=[NH+]CCN2)c1N. The van der Waals surface area contributed by atoms with Gasteiger partial charge < -0.3 is 15.2 Å². The topological polar surface area (TPSA) is 70.5 Å². The highest BCUT2D eigenvalue weighted by Gasteiger charge is 2.22. The van der Waals surface area contributed by atoms with Crippen molar-refractivity contribution in [3.63, 3.8) is 0 Å². The highest BCUT2D eigenvalue weighted by Crippen LogP contribution is 2.36. The van der Waals surface area contributed by atoms with Crippen molar-refractivity contribution in [1.29, 1.82) is 0 Å². The zero-order valence-corrected chi connectivity index (χ0v) is 12.6. The zero-order chi connectivity index (χ0) is 15.4. The van der Waals surface area contributed by atoms with Crippen molar-refractivity contribution in [2.24, 2.45) is 0 Å². The van der Waals surface area contributed by atoms with Gasteiger partial charge in [-0.3, -0.25) is 10.3 Å². The van der Waals surface area contributed by atoms with Gasteiger partial charge in [0.1, 0.15) is 19.7 Å². The molecule has 5 nitrogen and oxygen atoms in total. The van der Waals surface area contributed by atoms with Crippen molar-refractivity contribution >= 4 is 11.5 Å². The number of ether oxygens (including phenoxy) is 2. The van der Waals surface area contributed by atoms with Gasteiger partial charge in [-0.2, -0.15) is 0 Å². The molecular formula is C17H20N3O2+. The molecule has 0 aliphatic carbocycles. The normalized spacial score (nSPS) is 13.4. The number of amidine groups is 1. The second-order valence-corrected chi connectivity index (χ2v) is 5.06. The molecule has 0 atom stereocenters. The largest absolute Gasteiger partial charge is 0.491 e. The summed E-state index contributed by atoms with van der Waals surface area (Å²) in [6.45, 7) is 2.26. The fourth-order valence-corrected chi connectivity index (χ4v) is 2.49. The molecule has 0 aromatic heterocycles. The van der Waals surface area contributed by atoms with Crippen molar-refractivity contribution in [2.75, 3.05) is 25.9 Å². The number of nitrogen functional groups attached to an aromatic ring is 1. The number of anilines is 1. The molecule has 0 bridgehead atoms. The smallest absolute Gasteiger partial charge is 0.277 e. The van der Waals surface area contributed by atoms with E-state index in [2.05, 4.69) is 10.3 Å². The van der Waals surface area contributed by atoms with Crippen LogP contribution in [-0.2, 0) is 6.61 Å². The molecule has 1 aliphatic heterocycles. The minimum absolute atomic E-state index is 0.475. The van der Waals surface area contributed by atoms with Gasteiger partial charge in [0.2, 0.25) is 0 Å². The quantitative estimate of drug-likeness (QED) is 0.694. The van der Waals surface area contributed by atoms with E-state index >= 15 is 0 Å². The molecule has 0 saturated heterocycles. The number of methoxy groups -OCH3 is 1. The maximum absolute atomic E-state index is 6.24. The number of benzene rings is 2. The molecule has 0 unspecified atom stereocenters. The molecule has 3 rings (SSSR count). The number of nitrogens with one attached hydrogen (secondary N) is 2. The summed E-state index contributed by atoms with van der Waals surface area (Å²) in [5.41, 5.74) is 8.81. The van der Waals surface area contributed by atoms with Gasteiger partial charge in [-0.25, -0.2) is 0 Å². The Hall–Kier alpha value is -2.69. The Bertz CT molecular complexity index is 684. The van der Waals surface area contributed by atoms with Crippen molar-refractivity contribution in [2.45, 2.75) is 6.61 Å². The fourth-order valence-electron chi connectivity index (χ4n) is 2.49. The van der Waals surface area contributed by atoms with Crippen LogP contribution in [0, 0.1) is 0 Å². The van der Waals surface area contributed by atoms with Crippen LogP contribution in [0.15, 0.2) is 42.5 Å². The number of hydrogen-bond acceptors (Lipinski definition) is 4. The minimum atomic E-state index is 0.475. The molecule has 1 aliphatic rings. The van der Waals surface area contributed by atoms with Crippen LogP contribution in [0.3, 0.4) is 0 Å². The van der Waals surface area contributed by atoms with Crippen LogP contribution in [0.4, 0.5) is 5.69 Å². The Morgan fingerprint density at radius 2 is 2.00 bits per heavy atom. The Balaban J connectivity index is 1.84. The van der Waals surface area contributed by atoms with Gasteiger partial charge in [-0.15, -0.1) is 0 Å². The summed E-state index contributed by atoms with van der Waals surface area (Å²) in [5, 5.41) is 3.27. The molecule has 114 valence electrons. The van der Waals surface area contributed by atoms with Gasteiger partial charge in [0.25, 0.3) is 5.84 Å². The van der Waals surface area contributed by atoms with E-state index in [0.29, 0.717) is 23.8 Å². The lowest BCUT2D eigenvalue weighted by atomic mass is 10.1. The molecule has 0 saturated carbocycles. The minimum Gasteiger partial charge on any atom is -0.491 e. The fraction of sp³-hybridized carbons (Fsp3) is 0.235. The molecule has 1 heterocycles. The monoisotopic (exact) mass is 298 g/mol. The van der Waals surface area contributed by atoms with Gasteiger partial charge in [0.05, 0.1) is 18.4 Å². The summed E-state index contributed by atoms with van der Waals surface area (Å²) in [6, 6.07) is 13.8. The molecule has 0 radical (unpaired) electrons. The highest BCUT2D eigenvalue weighted by molar-refractivity contribution is 6.01. The Labute approximate surface area is 129 Å². The lowest BCUT2D eigenvalue weighted by molar-refractivity contribution is -0.443. The second-order valence-electron chi connectivity index (χ2n) is 5.06. The first kappa shape index (κ1) is 14.3. The van der Waals surface area contributed by atoms with E-state index in [1.54, 1.807) is 7.11 Å². The van der Waals surface area contributed by atoms with E-state index in [1.807, 2.05) is 42.5 Å². The van der Waals surface area contributed by atoms with Crippen molar-refractivity contribution < 1.29 is 14.5 Å². The highest BCUT2D eigenvalue weighted by atomic mass is 16.5.